The van der Waals surface area contributed by atoms with Crippen molar-refractivity contribution in [2.24, 2.45) is 0 Å². The third-order valence-electron chi connectivity index (χ3n) is 3.85. The van der Waals surface area contributed by atoms with Crippen LogP contribution in [-0.4, -0.2) is 30.3 Å². The molecule has 0 radical (unpaired) electrons. The van der Waals surface area contributed by atoms with Crippen LogP contribution in [0.15, 0.2) is 47.0 Å². The zero-order valence-electron chi connectivity index (χ0n) is 14.8. The quantitative estimate of drug-likeness (QED) is 0.733. The van der Waals surface area contributed by atoms with Gasteiger partial charge in [-0.3, -0.25) is 4.79 Å². The molecular weight excluding hydrogens is 334 g/mol. The summed E-state index contributed by atoms with van der Waals surface area (Å²) >= 11 is 0. The molecule has 2 aromatic carbocycles. The first-order chi connectivity index (χ1) is 12.6. The molecule has 1 aromatic heterocycles. The van der Waals surface area contributed by atoms with Crippen molar-refractivity contribution in [3.63, 3.8) is 0 Å². The summed E-state index contributed by atoms with van der Waals surface area (Å²) in [5.41, 5.74) is 2.13. The first kappa shape index (κ1) is 17.5. The number of hydrogen-bond acceptors (Lipinski definition) is 6. The molecule has 7 nitrogen and oxygen atoms in total. The van der Waals surface area contributed by atoms with Crippen LogP contribution in [-0.2, 0) is 6.54 Å². The Morgan fingerprint density at radius 3 is 2.50 bits per heavy atom. The van der Waals surface area contributed by atoms with Crippen LogP contribution in [0.25, 0.3) is 11.5 Å². The molecule has 134 valence electrons. The van der Waals surface area contributed by atoms with E-state index in [1.165, 1.54) is 0 Å². The minimum Gasteiger partial charge on any atom is -0.493 e. The van der Waals surface area contributed by atoms with Crippen molar-refractivity contribution in [2.75, 3.05) is 14.2 Å². The molecule has 0 saturated heterocycles. The van der Waals surface area contributed by atoms with Crippen molar-refractivity contribution in [2.45, 2.75) is 13.5 Å². The summed E-state index contributed by atoms with van der Waals surface area (Å²) in [6.07, 6.45) is 0. The molecule has 1 heterocycles. The lowest BCUT2D eigenvalue weighted by atomic mass is 10.1. The zero-order chi connectivity index (χ0) is 18.5. The van der Waals surface area contributed by atoms with Crippen molar-refractivity contribution in [3.05, 3.63) is 59.4 Å². The standard InChI is InChI=1S/C19H19N3O4/c1-12-21-19(26-22-12)14-9-7-13(8-10-14)18(23)20-11-15-5-4-6-16(24-2)17(15)25-3/h4-10H,11H2,1-3H3,(H,20,23). The maximum atomic E-state index is 12.4. The van der Waals surface area contributed by atoms with E-state index in [0.29, 0.717) is 35.3 Å². The van der Waals surface area contributed by atoms with Crippen molar-refractivity contribution in [1.82, 2.24) is 15.5 Å². The van der Waals surface area contributed by atoms with Gasteiger partial charge in [-0.25, -0.2) is 0 Å². The lowest BCUT2D eigenvalue weighted by molar-refractivity contribution is 0.0950. The molecule has 3 aromatic rings. The maximum absolute atomic E-state index is 12.4. The molecule has 0 aliphatic heterocycles. The average molecular weight is 353 g/mol. The van der Waals surface area contributed by atoms with E-state index in [-0.39, 0.29) is 5.91 Å². The van der Waals surface area contributed by atoms with E-state index < -0.39 is 0 Å². The van der Waals surface area contributed by atoms with Crippen LogP contribution in [0.1, 0.15) is 21.7 Å². The highest BCUT2D eigenvalue weighted by Crippen LogP contribution is 2.30. The van der Waals surface area contributed by atoms with Crippen LogP contribution in [0.4, 0.5) is 0 Å². The molecular formula is C19H19N3O4. The summed E-state index contributed by atoms with van der Waals surface area (Å²) in [6.45, 7) is 2.07. The monoisotopic (exact) mass is 353 g/mol. The zero-order valence-corrected chi connectivity index (χ0v) is 14.8. The number of rotatable bonds is 6. The summed E-state index contributed by atoms with van der Waals surface area (Å²) < 4.78 is 15.8. The Kier molecular flexibility index (Phi) is 5.17. The predicted octanol–water partition coefficient (Wildman–Crippen LogP) is 2.99. The lowest BCUT2D eigenvalue weighted by Crippen LogP contribution is -2.23. The molecule has 0 aliphatic rings. The number of hydrogen-bond donors (Lipinski definition) is 1. The van der Waals surface area contributed by atoms with Crippen LogP contribution >= 0.6 is 0 Å². The molecule has 3 rings (SSSR count). The molecule has 26 heavy (non-hydrogen) atoms. The van der Waals surface area contributed by atoms with E-state index in [1.807, 2.05) is 18.2 Å². The highest BCUT2D eigenvalue weighted by molar-refractivity contribution is 5.94. The molecule has 0 atom stereocenters. The van der Waals surface area contributed by atoms with E-state index in [4.69, 9.17) is 14.0 Å². The molecule has 0 unspecified atom stereocenters. The van der Waals surface area contributed by atoms with E-state index in [9.17, 15) is 4.79 Å². The predicted molar refractivity (Wildman–Crippen MR) is 95.2 cm³/mol. The molecule has 0 bridgehead atoms. The van der Waals surface area contributed by atoms with Gasteiger partial charge in [-0.2, -0.15) is 4.98 Å². The van der Waals surface area contributed by atoms with E-state index in [1.54, 1.807) is 45.4 Å². The minimum absolute atomic E-state index is 0.192. The number of nitrogens with zero attached hydrogens (tertiary/aromatic N) is 2. The fourth-order valence-corrected chi connectivity index (χ4v) is 2.55. The Balaban J connectivity index is 1.69. The maximum Gasteiger partial charge on any atom is 0.257 e. The van der Waals surface area contributed by atoms with Gasteiger partial charge in [0.15, 0.2) is 17.3 Å². The van der Waals surface area contributed by atoms with Crippen LogP contribution in [0, 0.1) is 6.92 Å². The molecule has 0 fully saturated rings. The molecule has 1 amide bonds. The number of benzene rings is 2. The van der Waals surface area contributed by atoms with Gasteiger partial charge in [-0.05, 0) is 37.3 Å². The van der Waals surface area contributed by atoms with Crippen LogP contribution < -0.4 is 14.8 Å². The third-order valence-corrected chi connectivity index (χ3v) is 3.85. The van der Waals surface area contributed by atoms with Crippen molar-refractivity contribution < 1.29 is 18.8 Å². The Bertz CT molecular complexity index is 903. The summed E-state index contributed by atoms with van der Waals surface area (Å²) in [4.78, 5) is 16.6. The largest absolute Gasteiger partial charge is 0.493 e. The van der Waals surface area contributed by atoms with Crippen LogP contribution in [0.3, 0.4) is 0 Å². The van der Waals surface area contributed by atoms with Crippen LogP contribution in [0.2, 0.25) is 0 Å². The Morgan fingerprint density at radius 1 is 1.12 bits per heavy atom. The molecule has 0 aliphatic carbocycles. The summed E-state index contributed by atoms with van der Waals surface area (Å²) in [7, 11) is 3.15. The second kappa shape index (κ2) is 7.69. The Hall–Kier alpha value is -3.35. The number of methoxy groups -OCH3 is 2. The topological polar surface area (TPSA) is 86.5 Å². The molecule has 0 saturated carbocycles. The number of ether oxygens (including phenoxy) is 2. The van der Waals surface area contributed by atoms with Crippen molar-refractivity contribution in [3.8, 4) is 23.0 Å². The van der Waals surface area contributed by atoms with Gasteiger partial charge in [0, 0.05) is 23.2 Å². The number of para-hydroxylation sites is 1. The third kappa shape index (κ3) is 3.66. The number of nitrogens with one attached hydrogen (secondary N) is 1. The van der Waals surface area contributed by atoms with E-state index in [2.05, 4.69) is 15.5 Å². The minimum atomic E-state index is -0.192. The molecule has 7 heteroatoms. The first-order valence-electron chi connectivity index (χ1n) is 8.01. The Labute approximate surface area is 150 Å². The molecule has 1 N–H and O–H groups in total. The average Bonchev–Trinajstić information content (AvgIpc) is 3.12. The highest BCUT2D eigenvalue weighted by Gasteiger charge is 2.12. The molecule has 0 spiro atoms. The Morgan fingerprint density at radius 2 is 1.88 bits per heavy atom. The summed E-state index contributed by atoms with van der Waals surface area (Å²) in [6, 6.07) is 12.5. The van der Waals surface area contributed by atoms with Crippen molar-refractivity contribution >= 4 is 5.91 Å². The number of carbonyl (C=O) groups excluding carboxylic acids is 1. The number of carbonyl (C=O) groups is 1. The first-order valence-corrected chi connectivity index (χ1v) is 8.01. The summed E-state index contributed by atoms with van der Waals surface area (Å²) in [5, 5.41) is 6.64. The van der Waals surface area contributed by atoms with Gasteiger partial charge in [-0.15, -0.1) is 0 Å². The van der Waals surface area contributed by atoms with Crippen molar-refractivity contribution in [1.29, 1.82) is 0 Å². The lowest BCUT2D eigenvalue weighted by Gasteiger charge is -2.13. The smallest absolute Gasteiger partial charge is 0.257 e. The van der Waals surface area contributed by atoms with Gasteiger partial charge >= 0.3 is 0 Å². The van der Waals surface area contributed by atoms with Gasteiger partial charge in [0.2, 0.25) is 0 Å². The number of aryl methyl sites for hydroxylation is 1. The van der Waals surface area contributed by atoms with Gasteiger partial charge < -0.3 is 19.3 Å². The van der Waals surface area contributed by atoms with Gasteiger partial charge in [0.25, 0.3) is 11.8 Å². The van der Waals surface area contributed by atoms with E-state index in [0.717, 1.165) is 11.1 Å². The summed E-state index contributed by atoms with van der Waals surface area (Å²) in [5.74, 6) is 2.03. The van der Waals surface area contributed by atoms with Gasteiger partial charge in [0.1, 0.15) is 0 Å². The SMILES string of the molecule is COc1cccc(CNC(=O)c2ccc(-c3nc(C)no3)cc2)c1OC. The van der Waals surface area contributed by atoms with E-state index >= 15 is 0 Å². The normalized spacial score (nSPS) is 10.4. The van der Waals surface area contributed by atoms with Gasteiger partial charge in [-0.1, -0.05) is 17.3 Å². The van der Waals surface area contributed by atoms with Gasteiger partial charge in [0.05, 0.1) is 14.2 Å². The van der Waals surface area contributed by atoms with Crippen LogP contribution in [0.5, 0.6) is 11.5 Å². The highest BCUT2D eigenvalue weighted by atomic mass is 16.5. The fraction of sp³-hybridized carbons (Fsp3) is 0.211. The second-order valence-corrected chi connectivity index (χ2v) is 5.56. The number of aromatic nitrogens is 2. The fourth-order valence-electron chi connectivity index (χ4n) is 2.55. The number of amides is 1. The second-order valence-electron chi connectivity index (χ2n) is 5.56.